The fourth-order valence-corrected chi connectivity index (χ4v) is 4.01. The lowest BCUT2D eigenvalue weighted by Gasteiger charge is -2.11. The number of aromatic nitrogens is 3. The summed E-state index contributed by atoms with van der Waals surface area (Å²) in [4.78, 5) is 17.7. The Morgan fingerprint density at radius 2 is 2.00 bits per heavy atom. The molecule has 1 aromatic carbocycles. The van der Waals surface area contributed by atoms with Crippen LogP contribution in [0.25, 0.3) is 0 Å². The fourth-order valence-electron chi connectivity index (χ4n) is 3.12. The zero-order valence-corrected chi connectivity index (χ0v) is 20.5. The molecule has 0 radical (unpaired) electrons. The summed E-state index contributed by atoms with van der Waals surface area (Å²) >= 11 is 7.67. The van der Waals surface area contributed by atoms with Crippen molar-refractivity contribution < 1.29 is 0 Å². The van der Waals surface area contributed by atoms with Gasteiger partial charge in [-0.15, -0.1) is 35.7 Å². The highest BCUT2D eigenvalue weighted by Gasteiger charge is 2.16. The topological polar surface area (TPSA) is 76.2 Å². The lowest BCUT2D eigenvalue weighted by atomic mass is 10.2. The number of rotatable bonds is 8. The van der Waals surface area contributed by atoms with Gasteiger partial charge in [0.2, 0.25) is 0 Å². The van der Waals surface area contributed by atoms with Crippen LogP contribution in [0, 0.1) is 0 Å². The second-order valence-electron chi connectivity index (χ2n) is 6.61. The van der Waals surface area contributed by atoms with Crippen LogP contribution in [0.5, 0.6) is 0 Å². The molecule has 1 aromatic heterocycles. The maximum Gasteiger partial charge on any atom is 0.345 e. The Bertz CT molecular complexity index is 851. The molecule has 10 heteroatoms. The van der Waals surface area contributed by atoms with Gasteiger partial charge in [-0.3, -0.25) is 9.56 Å². The van der Waals surface area contributed by atoms with Crippen LogP contribution >= 0.6 is 47.3 Å². The summed E-state index contributed by atoms with van der Waals surface area (Å²) in [5.41, 5.74) is 0.0245. The molecule has 7 nitrogen and oxygen atoms in total. The molecule has 0 fully saturated rings. The Balaban J connectivity index is 0.00000300. The van der Waals surface area contributed by atoms with Crippen molar-refractivity contribution in [1.29, 1.82) is 0 Å². The second kappa shape index (κ2) is 12.5. The highest BCUT2D eigenvalue weighted by molar-refractivity contribution is 14.0. The highest BCUT2D eigenvalue weighted by atomic mass is 127. The van der Waals surface area contributed by atoms with Gasteiger partial charge in [0.05, 0.1) is 0 Å². The van der Waals surface area contributed by atoms with E-state index in [4.69, 9.17) is 11.6 Å². The van der Waals surface area contributed by atoms with Crippen molar-refractivity contribution in [3.63, 3.8) is 0 Å². The first-order chi connectivity index (χ1) is 13.7. The van der Waals surface area contributed by atoms with Crippen molar-refractivity contribution in [1.82, 2.24) is 25.0 Å². The van der Waals surface area contributed by atoms with Gasteiger partial charge < -0.3 is 10.6 Å². The number of halogens is 2. The van der Waals surface area contributed by atoms with Crippen LogP contribution in [-0.2, 0) is 19.5 Å². The molecule has 29 heavy (non-hydrogen) atoms. The van der Waals surface area contributed by atoms with Crippen molar-refractivity contribution in [3.8, 4) is 0 Å². The summed E-state index contributed by atoms with van der Waals surface area (Å²) in [5.74, 6) is 2.63. The molecule has 0 amide bonds. The van der Waals surface area contributed by atoms with Crippen LogP contribution < -0.4 is 16.3 Å². The lowest BCUT2D eigenvalue weighted by Crippen LogP contribution is -2.39. The molecule has 2 aromatic rings. The van der Waals surface area contributed by atoms with E-state index >= 15 is 0 Å². The zero-order valence-electron chi connectivity index (χ0n) is 16.6. The molecule has 0 unspecified atom stereocenters. The molecular weight excluding hydrogens is 523 g/mol. The normalized spacial score (nSPS) is 13.5. The number of hydrogen-bond donors (Lipinski definition) is 2. The molecule has 0 aliphatic carbocycles. The fraction of sp³-hybridized carbons (Fsp3) is 0.526. The molecule has 0 saturated carbocycles. The Kier molecular flexibility index (Phi) is 10.4. The van der Waals surface area contributed by atoms with Gasteiger partial charge in [-0.2, -0.15) is 5.10 Å². The van der Waals surface area contributed by atoms with Crippen LogP contribution in [0.1, 0.15) is 25.1 Å². The van der Waals surface area contributed by atoms with Crippen LogP contribution in [0.2, 0.25) is 5.02 Å². The van der Waals surface area contributed by atoms with Crippen molar-refractivity contribution in [2.24, 2.45) is 4.99 Å². The first-order valence-corrected chi connectivity index (χ1v) is 11.0. The van der Waals surface area contributed by atoms with Gasteiger partial charge in [0.25, 0.3) is 0 Å². The third kappa shape index (κ3) is 7.21. The molecule has 0 saturated heterocycles. The molecule has 0 spiro atoms. The van der Waals surface area contributed by atoms with E-state index < -0.39 is 0 Å². The quantitative estimate of drug-likeness (QED) is 0.174. The van der Waals surface area contributed by atoms with E-state index in [0.717, 1.165) is 67.9 Å². The molecule has 1 aliphatic rings. The van der Waals surface area contributed by atoms with Gasteiger partial charge in [0.15, 0.2) is 5.96 Å². The molecule has 2 N–H and O–H groups in total. The zero-order chi connectivity index (χ0) is 19.8. The Morgan fingerprint density at radius 1 is 1.24 bits per heavy atom. The van der Waals surface area contributed by atoms with Gasteiger partial charge in [-0.1, -0.05) is 11.6 Å². The maximum absolute atomic E-state index is 12.3. The standard InChI is InChI=1S/C19H27ClN6OS.HI/c1-21-18(23-11-14-28-16-8-6-15(20)7-9-16)22-10-4-13-26-19(27)25-12-3-2-5-17(25)24-26;/h6-9H,2-5,10-14H2,1H3,(H2,21,22,23);1H. The lowest BCUT2D eigenvalue weighted by molar-refractivity contribution is 0.509. The Hall–Kier alpha value is -1.20. The van der Waals surface area contributed by atoms with Crippen LogP contribution in [0.4, 0.5) is 0 Å². The summed E-state index contributed by atoms with van der Waals surface area (Å²) in [7, 11) is 1.76. The number of guanidine groups is 1. The van der Waals surface area contributed by atoms with Gasteiger partial charge in [-0.25, -0.2) is 9.48 Å². The number of benzene rings is 1. The number of fused-ring (bicyclic) bond motifs is 1. The predicted octanol–water partition coefficient (Wildman–Crippen LogP) is 3.00. The predicted molar refractivity (Wildman–Crippen MR) is 131 cm³/mol. The summed E-state index contributed by atoms with van der Waals surface area (Å²) in [6.45, 7) is 2.96. The van der Waals surface area contributed by atoms with E-state index in [1.807, 2.05) is 28.8 Å². The second-order valence-corrected chi connectivity index (χ2v) is 8.22. The van der Waals surface area contributed by atoms with E-state index in [1.165, 1.54) is 4.90 Å². The molecule has 0 atom stereocenters. The van der Waals surface area contributed by atoms with Crippen LogP contribution in [0.3, 0.4) is 0 Å². The number of aliphatic imine (C=N–C) groups is 1. The Labute approximate surface area is 197 Å². The van der Waals surface area contributed by atoms with Crippen molar-refractivity contribution in [2.45, 2.75) is 43.7 Å². The highest BCUT2D eigenvalue weighted by Crippen LogP contribution is 2.19. The van der Waals surface area contributed by atoms with Crippen molar-refractivity contribution in [2.75, 3.05) is 25.9 Å². The van der Waals surface area contributed by atoms with E-state index in [1.54, 1.807) is 23.5 Å². The average molecular weight is 551 g/mol. The summed E-state index contributed by atoms with van der Waals surface area (Å²) < 4.78 is 3.41. The number of aryl methyl sites for hydroxylation is 2. The third-order valence-electron chi connectivity index (χ3n) is 4.57. The summed E-state index contributed by atoms with van der Waals surface area (Å²) in [6.07, 6.45) is 3.91. The van der Waals surface area contributed by atoms with E-state index in [-0.39, 0.29) is 29.7 Å². The van der Waals surface area contributed by atoms with Crippen LogP contribution in [0.15, 0.2) is 38.9 Å². The smallest absolute Gasteiger partial charge is 0.345 e. The minimum atomic E-state index is 0. The minimum Gasteiger partial charge on any atom is -0.356 e. The molecule has 3 rings (SSSR count). The van der Waals surface area contributed by atoms with Crippen molar-refractivity contribution in [3.05, 3.63) is 45.6 Å². The summed E-state index contributed by atoms with van der Waals surface area (Å²) in [5, 5.41) is 11.8. The maximum atomic E-state index is 12.3. The van der Waals surface area contributed by atoms with Crippen LogP contribution in [-0.4, -0.2) is 46.2 Å². The summed E-state index contributed by atoms with van der Waals surface area (Å²) in [6, 6.07) is 7.85. The molecule has 160 valence electrons. The number of nitrogens with one attached hydrogen (secondary N) is 2. The molecular formula is C19H28ClIN6OS. The first-order valence-electron chi connectivity index (χ1n) is 9.67. The van der Waals surface area contributed by atoms with Gasteiger partial charge in [0.1, 0.15) is 5.82 Å². The van der Waals surface area contributed by atoms with Crippen molar-refractivity contribution >= 4 is 53.3 Å². The van der Waals surface area contributed by atoms with E-state index in [9.17, 15) is 4.79 Å². The van der Waals surface area contributed by atoms with E-state index in [0.29, 0.717) is 6.54 Å². The third-order valence-corrected chi connectivity index (χ3v) is 5.84. The average Bonchev–Trinajstić information content (AvgIpc) is 3.04. The molecule has 0 bridgehead atoms. The Morgan fingerprint density at radius 3 is 2.72 bits per heavy atom. The monoisotopic (exact) mass is 550 g/mol. The first kappa shape index (κ1) is 24.1. The van der Waals surface area contributed by atoms with Gasteiger partial charge in [0, 0.05) is 55.3 Å². The van der Waals surface area contributed by atoms with Gasteiger partial charge in [-0.05, 0) is 43.5 Å². The SMILES string of the molecule is CN=C(NCCCn1nc2n(c1=O)CCCC2)NCCSc1ccc(Cl)cc1.I. The number of thioether (sulfide) groups is 1. The largest absolute Gasteiger partial charge is 0.356 e. The molecule has 2 heterocycles. The van der Waals surface area contributed by atoms with Gasteiger partial charge >= 0.3 is 5.69 Å². The number of nitrogens with zero attached hydrogens (tertiary/aromatic N) is 4. The molecule has 1 aliphatic heterocycles. The number of hydrogen-bond acceptors (Lipinski definition) is 4. The minimum absolute atomic E-state index is 0. The van der Waals surface area contributed by atoms with E-state index in [2.05, 4.69) is 20.7 Å².